The third kappa shape index (κ3) is 3.21. The smallest absolute Gasteiger partial charge is 0.235 e. The molecule has 0 aliphatic heterocycles. The average molecular weight is 701 g/mol. The van der Waals surface area contributed by atoms with Crippen LogP contribution in [0.4, 0.5) is 5.69 Å². The highest BCUT2D eigenvalue weighted by Crippen LogP contribution is 2.73. The molecule has 0 heterocycles. The van der Waals surface area contributed by atoms with Gasteiger partial charge in [0.05, 0.1) is 26.2 Å². The summed E-state index contributed by atoms with van der Waals surface area (Å²) < 4.78 is 0. The fourth-order valence-corrected chi connectivity index (χ4v) is 12.4. The Morgan fingerprint density at radius 1 is 0.786 bits per heavy atom. The van der Waals surface area contributed by atoms with Crippen LogP contribution < -0.4 is 10.2 Å². The Morgan fingerprint density at radius 3 is 1.88 bits per heavy atom. The molecule has 2 amide bonds. The summed E-state index contributed by atoms with van der Waals surface area (Å²) in [6.07, 6.45) is 2.61. The van der Waals surface area contributed by atoms with Crippen LogP contribution in [0.15, 0.2) is 42.5 Å². The lowest BCUT2D eigenvalue weighted by Crippen LogP contribution is -2.55. The second-order valence-electron chi connectivity index (χ2n) is 14.5. The molecule has 0 radical (unpaired) electrons. The van der Waals surface area contributed by atoms with Crippen molar-refractivity contribution in [2.45, 2.75) is 76.9 Å². The van der Waals surface area contributed by atoms with Crippen LogP contribution in [0, 0.1) is 32.5 Å². The largest absolute Gasteiger partial charge is 0.354 e. The van der Waals surface area contributed by atoms with E-state index < -0.39 is 42.1 Å². The predicted octanol–water partition coefficient (Wildman–Crippen LogP) is 6.61. The Morgan fingerprint density at radius 2 is 1.31 bits per heavy atom. The fourth-order valence-electron chi connectivity index (χ4n) is 9.34. The van der Waals surface area contributed by atoms with Crippen LogP contribution >= 0.6 is 31.9 Å². The van der Waals surface area contributed by atoms with Crippen LogP contribution in [0.3, 0.4) is 0 Å². The molecule has 6 atom stereocenters. The van der Waals surface area contributed by atoms with Gasteiger partial charge in [-0.1, -0.05) is 110 Å². The van der Waals surface area contributed by atoms with Gasteiger partial charge in [0.15, 0.2) is 11.6 Å². The Bertz CT molecular complexity index is 1550. The molecule has 2 aromatic rings. The summed E-state index contributed by atoms with van der Waals surface area (Å²) in [4.78, 5) is 56.5. The number of carbonyl (C=O) groups excluding carboxylic acids is 4. The molecule has 0 saturated heterocycles. The molecule has 4 aliphatic carbocycles. The third-order valence-corrected chi connectivity index (χ3v) is 15.5. The summed E-state index contributed by atoms with van der Waals surface area (Å²) in [6.45, 7) is 12.7. The second kappa shape index (κ2) is 9.23. The average Bonchev–Trinajstić information content (AvgIpc) is 3.40. The van der Waals surface area contributed by atoms with Crippen molar-refractivity contribution in [3.8, 4) is 0 Å². The highest BCUT2D eigenvalue weighted by molar-refractivity contribution is 9.10. The van der Waals surface area contributed by atoms with Gasteiger partial charge in [0.25, 0.3) is 0 Å². The maximum atomic E-state index is 15.0. The number of carbonyl (C=O) groups is 4. The molecule has 2 aromatic carbocycles. The normalized spacial score (nSPS) is 37.4. The van der Waals surface area contributed by atoms with Crippen molar-refractivity contribution in [2.75, 3.05) is 18.0 Å². The Kier molecular flexibility index (Phi) is 6.59. The van der Waals surface area contributed by atoms with Gasteiger partial charge in [-0.15, -0.1) is 0 Å². The Balaban J connectivity index is 1.36. The zero-order valence-corrected chi connectivity index (χ0v) is 28.4. The van der Waals surface area contributed by atoms with E-state index in [9.17, 15) is 19.2 Å². The summed E-state index contributed by atoms with van der Waals surface area (Å²) >= 11 is 7.32. The topological polar surface area (TPSA) is 83.6 Å². The number of amides is 2. The molecule has 0 spiro atoms. The fraction of sp³-hybridized carbons (Fsp3) is 0.588. The van der Waals surface area contributed by atoms with E-state index in [1.54, 1.807) is 4.90 Å². The third-order valence-electron chi connectivity index (χ3n) is 13.2. The van der Waals surface area contributed by atoms with Crippen molar-refractivity contribution in [3.63, 3.8) is 0 Å². The van der Waals surface area contributed by atoms with Crippen LogP contribution in [0.2, 0.25) is 0 Å². The SMILES string of the molecule is CC12CCC(C(=O)NCCN(C(=O)C34CCC(C)(C(=O)C3Br)C4(C)C)c3cccc4ccccc34)(C(Br)C1=O)C2(C)C. The van der Waals surface area contributed by atoms with E-state index in [4.69, 9.17) is 0 Å². The monoisotopic (exact) mass is 698 g/mol. The van der Waals surface area contributed by atoms with Gasteiger partial charge < -0.3 is 10.2 Å². The first-order chi connectivity index (χ1) is 19.6. The number of ketones is 2. The quantitative estimate of drug-likeness (QED) is 0.344. The number of nitrogens with zero attached hydrogens (tertiary/aromatic N) is 1. The highest BCUT2D eigenvalue weighted by Gasteiger charge is 2.78. The second-order valence-corrected chi connectivity index (χ2v) is 16.4. The van der Waals surface area contributed by atoms with Crippen molar-refractivity contribution in [1.82, 2.24) is 5.32 Å². The van der Waals surface area contributed by atoms with E-state index in [-0.39, 0.29) is 36.5 Å². The number of alkyl halides is 2. The molecule has 6 rings (SSSR count). The molecular formula is C34H40Br2N2O4. The number of rotatable bonds is 6. The zero-order valence-electron chi connectivity index (χ0n) is 25.3. The van der Waals surface area contributed by atoms with Crippen molar-refractivity contribution in [2.24, 2.45) is 32.5 Å². The van der Waals surface area contributed by atoms with Crippen LogP contribution in [0.5, 0.6) is 0 Å². The molecular weight excluding hydrogens is 660 g/mol. The van der Waals surface area contributed by atoms with Crippen molar-refractivity contribution in [1.29, 1.82) is 0 Å². The summed E-state index contributed by atoms with van der Waals surface area (Å²) in [6, 6.07) is 13.9. The first-order valence-electron chi connectivity index (χ1n) is 15.0. The molecule has 4 saturated carbocycles. The van der Waals surface area contributed by atoms with E-state index in [0.717, 1.165) is 16.5 Å². The number of benzene rings is 2. The Labute approximate surface area is 265 Å². The molecule has 4 fully saturated rings. The van der Waals surface area contributed by atoms with E-state index >= 15 is 0 Å². The molecule has 4 aliphatic rings. The minimum absolute atomic E-state index is 0.0871. The van der Waals surface area contributed by atoms with Crippen molar-refractivity contribution < 1.29 is 19.2 Å². The van der Waals surface area contributed by atoms with Gasteiger partial charge >= 0.3 is 0 Å². The molecule has 42 heavy (non-hydrogen) atoms. The van der Waals surface area contributed by atoms with Gasteiger partial charge in [-0.2, -0.15) is 0 Å². The number of hydrogen-bond donors (Lipinski definition) is 1. The van der Waals surface area contributed by atoms with Crippen LogP contribution in [-0.2, 0) is 19.2 Å². The first-order valence-corrected chi connectivity index (χ1v) is 16.8. The van der Waals surface area contributed by atoms with Gasteiger partial charge in [-0.25, -0.2) is 0 Å². The summed E-state index contributed by atoms with van der Waals surface area (Å²) in [5, 5.41) is 5.11. The van der Waals surface area contributed by atoms with Crippen molar-refractivity contribution in [3.05, 3.63) is 42.5 Å². The van der Waals surface area contributed by atoms with Crippen LogP contribution in [0.25, 0.3) is 10.8 Å². The summed E-state index contributed by atoms with van der Waals surface area (Å²) in [5.41, 5.74) is -3.19. The molecule has 6 unspecified atom stereocenters. The molecule has 6 nitrogen and oxygen atoms in total. The summed E-state index contributed by atoms with van der Waals surface area (Å²) in [5.74, 6) is -0.0361. The molecule has 8 heteroatoms. The lowest BCUT2D eigenvalue weighted by Gasteiger charge is -2.43. The molecule has 224 valence electrons. The van der Waals surface area contributed by atoms with E-state index in [1.165, 1.54) is 0 Å². The highest BCUT2D eigenvalue weighted by atomic mass is 79.9. The molecule has 1 N–H and O–H groups in total. The molecule has 4 bridgehead atoms. The Hall–Kier alpha value is -2.06. The lowest BCUT2D eigenvalue weighted by atomic mass is 9.64. The number of fused-ring (bicyclic) bond motifs is 5. The van der Waals surface area contributed by atoms with Crippen molar-refractivity contribution >= 4 is 71.7 Å². The van der Waals surface area contributed by atoms with Crippen LogP contribution in [-0.4, -0.2) is 46.1 Å². The minimum Gasteiger partial charge on any atom is -0.354 e. The van der Waals surface area contributed by atoms with E-state index in [0.29, 0.717) is 25.7 Å². The van der Waals surface area contributed by atoms with Gasteiger partial charge in [0.1, 0.15) is 0 Å². The predicted molar refractivity (Wildman–Crippen MR) is 172 cm³/mol. The number of Topliss-reactive ketones (excluding diaryl/α,β-unsaturated/α-hetero) is 2. The zero-order chi connectivity index (χ0) is 30.7. The maximum absolute atomic E-state index is 15.0. The first kappa shape index (κ1) is 30.0. The number of nitrogens with one attached hydrogen (secondary N) is 1. The van der Waals surface area contributed by atoms with E-state index in [1.807, 2.05) is 70.2 Å². The van der Waals surface area contributed by atoms with Gasteiger partial charge in [0, 0.05) is 29.3 Å². The van der Waals surface area contributed by atoms with Crippen LogP contribution in [0.1, 0.15) is 67.2 Å². The van der Waals surface area contributed by atoms with Gasteiger partial charge in [0.2, 0.25) is 11.8 Å². The number of hydrogen-bond acceptors (Lipinski definition) is 4. The number of halogens is 2. The minimum atomic E-state index is -0.910. The lowest BCUT2D eigenvalue weighted by molar-refractivity contribution is -0.136. The maximum Gasteiger partial charge on any atom is 0.235 e. The van der Waals surface area contributed by atoms with Gasteiger partial charge in [-0.3, -0.25) is 19.2 Å². The van der Waals surface area contributed by atoms with E-state index in [2.05, 4.69) is 51.0 Å². The van der Waals surface area contributed by atoms with Gasteiger partial charge in [-0.05, 0) is 48.0 Å². The molecule has 0 aromatic heterocycles. The summed E-state index contributed by atoms with van der Waals surface area (Å²) in [7, 11) is 0. The standard InChI is InChI=1S/C34H40Br2N2O4/c1-29(2)31(5)14-16-33(29,23(35)25(31)39)27(41)37-18-19-38(22-13-9-11-20-10-7-8-12-21(20)22)28(42)34-17-15-32(6,30(34,3)4)26(40)24(34)36/h7-13,23-24H,14-19H2,1-6H3,(H,37,41). The number of anilines is 1.